The molecule has 2 heterocycles. The van der Waals surface area contributed by atoms with Gasteiger partial charge >= 0.3 is 0 Å². The van der Waals surface area contributed by atoms with Gasteiger partial charge in [-0.1, -0.05) is 6.92 Å². The number of aromatic nitrogens is 1. The summed E-state index contributed by atoms with van der Waals surface area (Å²) >= 11 is 1.48. The number of piperidine rings is 1. The second-order valence-corrected chi connectivity index (χ2v) is 6.65. The molecule has 0 unspecified atom stereocenters. The summed E-state index contributed by atoms with van der Waals surface area (Å²) in [6, 6.07) is -0.334. The van der Waals surface area contributed by atoms with Gasteiger partial charge in [-0.05, 0) is 32.1 Å². The molecule has 5 nitrogen and oxygen atoms in total. The Balaban J connectivity index is 1.65. The number of thiazole rings is 1. The van der Waals surface area contributed by atoms with Crippen LogP contribution in [0.4, 0.5) is 5.13 Å². The predicted molar refractivity (Wildman–Crippen MR) is 82.4 cm³/mol. The second-order valence-electron chi connectivity index (χ2n) is 5.79. The molecule has 1 aliphatic heterocycles. The van der Waals surface area contributed by atoms with Crippen molar-refractivity contribution in [1.29, 1.82) is 0 Å². The van der Waals surface area contributed by atoms with Crippen LogP contribution in [0.25, 0.3) is 0 Å². The molecule has 0 aromatic carbocycles. The summed E-state index contributed by atoms with van der Waals surface area (Å²) in [4.78, 5) is 30.6. The molecule has 1 N–H and O–H groups in total. The predicted octanol–water partition coefficient (Wildman–Crippen LogP) is 2.75. The molecule has 114 valence electrons. The zero-order chi connectivity index (χ0) is 14.8. The molecular weight excluding hydrogens is 286 g/mol. The van der Waals surface area contributed by atoms with Crippen molar-refractivity contribution < 1.29 is 9.59 Å². The topological polar surface area (TPSA) is 62.3 Å². The van der Waals surface area contributed by atoms with Gasteiger partial charge < -0.3 is 10.2 Å². The molecule has 2 fully saturated rings. The lowest BCUT2D eigenvalue weighted by Crippen LogP contribution is -2.49. The number of rotatable bonds is 4. The van der Waals surface area contributed by atoms with Gasteiger partial charge in [0.1, 0.15) is 6.04 Å². The third-order valence-electron chi connectivity index (χ3n) is 4.18. The number of carbonyl (C=O) groups is 2. The Labute approximate surface area is 128 Å². The Kier molecular flexibility index (Phi) is 4.24. The highest BCUT2D eigenvalue weighted by molar-refractivity contribution is 7.13. The van der Waals surface area contributed by atoms with Crippen LogP contribution in [0.2, 0.25) is 0 Å². The molecule has 0 spiro atoms. The van der Waals surface area contributed by atoms with Gasteiger partial charge in [0, 0.05) is 24.3 Å². The molecule has 3 rings (SSSR count). The Morgan fingerprint density at radius 2 is 2.19 bits per heavy atom. The van der Waals surface area contributed by atoms with Crippen molar-refractivity contribution in [3.05, 3.63) is 11.1 Å². The van der Waals surface area contributed by atoms with Gasteiger partial charge in [0.05, 0.1) is 5.69 Å². The summed E-state index contributed by atoms with van der Waals surface area (Å²) in [5.74, 6) is 0.570. The Morgan fingerprint density at radius 1 is 1.38 bits per heavy atom. The van der Waals surface area contributed by atoms with Gasteiger partial charge in [-0.25, -0.2) is 4.98 Å². The fraction of sp³-hybridized carbons (Fsp3) is 0.667. The van der Waals surface area contributed by atoms with Crippen LogP contribution in [0.3, 0.4) is 0 Å². The van der Waals surface area contributed by atoms with Gasteiger partial charge in [-0.15, -0.1) is 11.3 Å². The molecule has 1 saturated carbocycles. The van der Waals surface area contributed by atoms with Crippen molar-refractivity contribution in [2.75, 3.05) is 11.9 Å². The maximum atomic E-state index is 12.5. The molecule has 6 heteroatoms. The summed E-state index contributed by atoms with van der Waals surface area (Å²) < 4.78 is 0. The van der Waals surface area contributed by atoms with Crippen molar-refractivity contribution in [2.45, 2.75) is 57.4 Å². The maximum Gasteiger partial charge on any atom is 0.248 e. The summed E-state index contributed by atoms with van der Waals surface area (Å²) in [5, 5.41) is 5.59. The smallest absolute Gasteiger partial charge is 0.248 e. The van der Waals surface area contributed by atoms with Crippen LogP contribution >= 0.6 is 11.3 Å². The second kappa shape index (κ2) is 6.13. The van der Waals surface area contributed by atoms with E-state index in [9.17, 15) is 9.59 Å². The third kappa shape index (κ3) is 3.26. The molecule has 1 saturated heterocycles. The summed E-state index contributed by atoms with van der Waals surface area (Å²) in [6.07, 6.45) is 5.59. The first-order valence-electron chi connectivity index (χ1n) is 7.74. The molecule has 0 radical (unpaired) electrons. The minimum absolute atomic E-state index is 0.0626. The number of anilines is 1. The van der Waals surface area contributed by atoms with Crippen LogP contribution in [-0.4, -0.2) is 34.3 Å². The van der Waals surface area contributed by atoms with Crippen molar-refractivity contribution >= 4 is 28.3 Å². The number of hydrogen-bond acceptors (Lipinski definition) is 4. The lowest BCUT2D eigenvalue weighted by Gasteiger charge is -2.34. The number of nitrogens with zero attached hydrogens (tertiary/aromatic N) is 2. The number of nitrogens with one attached hydrogen (secondary N) is 1. The highest BCUT2D eigenvalue weighted by Crippen LogP contribution is 2.40. The first-order chi connectivity index (χ1) is 10.2. The third-order valence-corrected chi connectivity index (χ3v) is 4.95. The number of carbonyl (C=O) groups excluding carboxylic acids is 2. The molecule has 1 atom stereocenters. The molecule has 1 aliphatic carbocycles. The normalized spacial score (nSPS) is 22.1. The zero-order valence-electron chi connectivity index (χ0n) is 12.3. The van der Waals surface area contributed by atoms with Gasteiger partial charge in [0.25, 0.3) is 0 Å². The van der Waals surface area contributed by atoms with Crippen LogP contribution in [0.1, 0.15) is 57.1 Å². The van der Waals surface area contributed by atoms with Crippen molar-refractivity contribution in [3.8, 4) is 0 Å². The average Bonchev–Trinajstić information content (AvgIpc) is 3.27. The van der Waals surface area contributed by atoms with Gasteiger partial charge in [0.2, 0.25) is 11.8 Å². The van der Waals surface area contributed by atoms with E-state index in [-0.39, 0.29) is 17.9 Å². The number of likely N-dealkylation sites (tertiary alicyclic amines) is 1. The van der Waals surface area contributed by atoms with Crippen LogP contribution in [0, 0.1) is 0 Å². The van der Waals surface area contributed by atoms with E-state index in [4.69, 9.17) is 0 Å². The largest absolute Gasteiger partial charge is 0.331 e. The summed E-state index contributed by atoms with van der Waals surface area (Å²) in [5.41, 5.74) is 1.10. The minimum atomic E-state index is -0.334. The summed E-state index contributed by atoms with van der Waals surface area (Å²) in [6.45, 7) is 2.53. The van der Waals surface area contributed by atoms with Crippen molar-refractivity contribution in [2.24, 2.45) is 0 Å². The van der Waals surface area contributed by atoms with E-state index >= 15 is 0 Å². The minimum Gasteiger partial charge on any atom is -0.331 e. The molecule has 0 bridgehead atoms. The van der Waals surface area contributed by atoms with E-state index in [0.29, 0.717) is 24.0 Å². The quantitative estimate of drug-likeness (QED) is 0.930. The highest BCUT2D eigenvalue weighted by Gasteiger charge is 2.32. The van der Waals surface area contributed by atoms with Crippen molar-refractivity contribution in [3.63, 3.8) is 0 Å². The average molecular weight is 307 g/mol. The van der Waals surface area contributed by atoms with Gasteiger partial charge in [-0.2, -0.15) is 0 Å². The highest BCUT2D eigenvalue weighted by atomic mass is 32.1. The fourth-order valence-electron chi connectivity index (χ4n) is 2.80. The Hall–Kier alpha value is -1.43. The fourth-order valence-corrected chi connectivity index (χ4v) is 3.60. The lowest BCUT2D eigenvalue weighted by molar-refractivity contribution is -0.140. The number of amides is 2. The zero-order valence-corrected chi connectivity index (χ0v) is 13.1. The first kappa shape index (κ1) is 14.5. The van der Waals surface area contributed by atoms with Crippen LogP contribution in [0.15, 0.2) is 5.38 Å². The molecule has 2 aliphatic rings. The van der Waals surface area contributed by atoms with E-state index in [1.165, 1.54) is 24.2 Å². The van der Waals surface area contributed by atoms with E-state index in [1.807, 2.05) is 12.3 Å². The molecule has 21 heavy (non-hydrogen) atoms. The van der Waals surface area contributed by atoms with E-state index in [2.05, 4.69) is 10.3 Å². The maximum absolute atomic E-state index is 12.5. The SMILES string of the molecule is CCC(=O)N1CCCC[C@H]1C(=O)Nc1nc(C2CC2)cs1. The van der Waals surface area contributed by atoms with Gasteiger partial charge in [0.15, 0.2) is 5.13 Å². The van der Waals surface area contributed by atoms with E-state index < -0.39 is 0 Å². The lowest BCUT2D eigenvalue weighted by atomic mass is 10.0. The standard InChI is InChI=1S/C15H21N3O2S/c1-2-13(19)18-8-4-3-5-12(18)14(20)17-15-16-11(9-21-15)10-6-7-10/h9-10,12H,2-8H2,1H3,(H,16,17,20)/t12-/m0/s1. The van der Waals surface area contributed by atoms with E-state index in [0.717, 1.165) is 25.0 Å². The molecule has 2 amide bonds. The van der Waals surface area contributed by atoms with Crippen molar-refractivity contribution in [1.82, 2.24) is 9.88 Å². The number of hydrogen-bond donors (Lipinski definition) is 1. The Bertz CT molecular complexity index is 539. The summed E-state index contributed by atoms with van der Waals surface area (Å²) in [7, 11) is 0. The molecular formula is C15H21N3O2S. The van der Waals surface area contributed by atoms with E-state index in [1.54, 1.807) is 4.90 Å². The molecule has 1 aromatic heterocycles. The molecule has 1 aromatic rings. The van der Waals surface area contributed by atoms with Crippen LogP contribution in [0.5, 0.6) is 0 Å². The first-order valence-corrected chi connectivity index (χ1v) is 8.62. The van der Waals surface area contributed by atoms with Crippen LogP contribution < -0.4 is 5.32 Å². The Morgan fingerprint density at radius 3 is 2.90 bits per heavy atom. The van der Waals surface area contributed by atoms with Crippen LogP contribution in [-0.2, 0) is 9.59 Å². The monoisotopic (exact) mass is 307 g/mol. The van der Waals surface area contributed by atoms with Gasteiger partial charge in [-0.3, -0.25) is 9.59 Å².